The molecule has 1 aliphatic rings. The topological polar surface area (TPSA) is 32.3 Å². The van der Waals surface area contributed by atoms with Crippen LogP contribution in [0.2, 0.25) is 10.0 Å². The molecular formula is C14H18Cl2N2O. The van der Waals surface area contributed by atoms with E-state index in [2.05, 4.69) is 10.2 Å². The molecule has 2 rings (SSSR count). The average molecular weight is 301 g/mol. The van der Waals surface area contributed by atoms with E-state index in [0.29, 0.717) is 15.6 Å². The van der Waals surface area contributed by atoms with Gasteiger partial charge in [-0.3, -0.25) is 9.69 Å². The van der Waals surface area contributed by atoms with Crippen LogP contribution in [-0.4, -0.2) is 42.4 Å². The SMILES string of the molecule is CC(C)(C(=O)c1cccc(Cl)c1Cl)N1CCNCC1. The van der Waals surface area contributed by atoms with E-state index in [9.17, 15) is 4.79 Å². The number of benzene rings is 1. The number of nitrogens with zero attached hydrogens (tertiary/aromatic N) is 1. The summed E-state index contributed by atoms with van der Waals surface area (Å²) >= 11 is 12.1. The van der Waals surface area contributed by atoms with E-state index in [1.165, 1.54) is 0 Å². The maximum Gasteiger partial charge on any atom is 0.184 e. The zero-order valence-corrected chi connectivity index (χ0v) is 12.7. The molecule has 1 N–H and O–H groups in total. The first-order valence-corrected chi connectivity index (χ1v) is 7.15. The maximum absolute atomic E-state index is 12.7. The second kappa shape index (κ2) is 5.80. The highest BCUT2D eigenvalue weighted by molar-refractivity contribution is 6.44. The zero-order valence-electron chi connectivity index (χ0n) is 11.2. The van der Waals surface area contributed by atoms with Gasteiger partial charge in [0.2, 0.25) is 0 Å². The number of hydrogen-bond acceptors (Lipinski definition) is 3. The Labute approximate surface area is 123 Å². The second-order valence-corrected chi connectivity index (χ2v) is 6.01. The molecule has 0 spiro atoms. The van der Waals surface area contributed by atoms with Crippen molar-refractivity contribution in [2.45, 2.75) is 19.4 Å². The van der Waals surface area contributed by atoms with Crippen LogP contribution in [0.1, 0.15) is 24.2 Å². The first-order chi connectivity index (χ1) is 8.94. The number of rotatable bonds is 3. The van der Waals surface area contributed by atoms with Gasteiger partial charge in [-0.2, -0.15) is 0 Å². The number of piperazine rings is 1. The Kier molecular flexibility index (Phi) is 4.51. The Balaban J connectivity index is 2.29. The van der Waals surface area contributed by atoms with Crippen molar-refractivity contribution in [2.24, 2.45) is 0 Å². The van der Waals surface area contributed by atoms with Crippen molar-refractivity contribution in [2.75, 3.05) is 26.2 Å². The van der Waals surface area contributed by atoms with E-state index in [-0.39, 0.29) is 5.78 Å². The number of nitrogens with one attached hydrogen (secondary N) is 1. The monoisotopic (exact) mass is 300 g/mol. The molecule has 1 aromatic rings. The fourth-order valence-corrected chi connectivity index (χ4v) is 2.76. The fraction of sp³-hybridized carbons (Fsp3) is 0.500. The Morgan fingerprint density at radius 3 is 2.53 bits per heavy atom. The van der Waals surface area contributed by atoms with Gasteiger partial charge < -0.3 is 5.32 Å². The molecule has 1 aromatic carbocycles. The first kappa shape index (κ1) is 14.8. The van der Waals surface area contributed by atoms with Gasteiger partial charge in [0, 0.05) is 31.7 Å². The van der Waals surface area contributed by atoms with E-state index in [4.69, 9.17) is 23.2 Å². The van der Waals surface area contributed by atoms with Gasteiger partial charge in [0.15, 0.2) is 5.78 Å². The minimum atomic E-state index is -0.573. The Bertz CT molecular complexity index is 482. The number of hydrogen-bond donors (Lipinski definition) is 1. The van der Waals surface area contributed by atoms with Gasteiger partial charge in [0.25, 0.3) is 0 Å². The van der Waals surface area contributed by atoms with Crippen LogP contribution in [0.3, 0.4) is 0 Å². The molecule has 1 heterocycles. The minimum Gasteiger partial charge on any atom is -0.314 e. The first-order valence-electron chi connectivity index (χ1n) is 6.39. The van der Waals surface area contributed by atoms with Crippen LogP contribution in [0.5, 0.6) is 0 Å². The Hall–Kier alpha value is -0.610. The van der Waals surface area contributed by atoms with E-state index >= 15 is 0 Å². The van der Waals surface area contributed by atoms with Crippen LogP contribution < -0.4 is 5.32 Å². The van der Waals surface area contributed by atoms with E-state index in [0.717, 1.165) is 26.2 Å². The highest BCUT2D eigenvalue weighted by Crippen LogP contribution is 2.30. The predicted molar refractivity (Wildman–Crippen MR) is 79.3 cm³/mol. The summed E-state index contributed by atoms with van der Waals surface area (Å²) in [4.78, 5) is 14.9. The van der Waals surface area contributed by atoms with Crippen LogP contribution in [0, 0.1) is 0 Å². The van der Waals surface area contributed by atoms with Gasteiger partial charge in [-0.1, -0.05) is 29.3 Å². The van der Waals surface area contributed by atoms with E-state index in [1.807, 2.05) is 13.8 Å². The van der Waals surface area contributed by atoms with E-state index in [1.54, 1.807) is 18.2 Å². The highest BCUT2D eigenvalue weighted by Gasteiger charge is 2.36. The van der Waals surface area contributed by atoms with Crippen molar-refractivity contribution in [3.63, 3.8) is 0 Å². The molecule has 0 bridgehead atoms. The molecule has 1 saturated heterocycles. The van der Waals surface area contributed by atoms with Gasteiger partial charge in [-0.15, -0.1) is 0 Å². The molecule has 5 heteroatoms. The molecule has 1 aliphatic heterocycles. The molecule has 0 radical (unpaired) electrons. The van der Waals surface area contributed by atoms with Gasteiger partial charge in [0.1, 0.15) is 0 Å². The molecule has 104 valence electrons. The number of halogens is 2. The summed E-state index contributed by atoms with van der Waals surface area (Å²) in [6, 6.07) is 5.19. The van der Waals surface area contributed by atoms with Crippen LogP contribution in [0.25, 0.3) is 0 Å². The van der Waals surface area contributed by atoms with Crippen molar-refractivity contribution in [1.82, 2.24) is 10.2 Å². The van der Waals surface area contributed by atoms with Gasteiger partial charge in [0.05, 0.1) is 15.6 Å². The summed E-state index contributed by atoms with van der Waals surface area (Å²) in [7, 11) is 0. The Morgan fingerprint density at radius 2 is 1.89 bits per heavy atom. The molecule has 19 heavy (non-hydrogen) atoms. The quantitative estimate of drug-likeness (QED) is 0.871. The Morgan fingerprint density at radius 1 is 1.26 bits per heavy atom. The molecule has 0 amide bonds. The summed E-state index contributed by atoms with van der Waals surface area (Å²) in [6.45, 7) is 7.41. The number of carbonyl (C=O) groups excluding carboxylic acids is 1. The fourth-order valence-electron chi connectivity index (χ4n) is 2.38. The van der Waals surface area contributed by atoms with Gasteiger partial charge in [-0.05, 0) is 26.0 Å². The standard InChI is InChI=1S/C14H18Cl2N2O/c1-14(2,18-8-6-17-7-9-18)13(19)10-4-3-5-11(15)12(10)16/h3-5,17H,6-9H2,1-2H3. The normalized spacial score (nSPS) is 17.5. The van der Waals surface area contributed by atoms with Crippen molar-refractivity contribution >= 4 is 29.0 Å². The van der Waals surface area contributed by atoms with Crippen molar-refractivity contribution in [3.8, 4) is 0 Å². The van der Waals surface area contributed by atoms with Gasteiger partial charge in [-0.25, -0.2) is 0 Å². The van der Waals surface area contributed by atoms with Crippen molar-refractivity contribution in [1.29, 1.82) is 0 Å². The molecule has 3 nitrogen and oxygen atoms in total. The smallest absolute Gasteiger partial charge is 0.184 e. The lowest BCUT2D eigenvalue weighted by molar-refractivity contribution is 0.0602. The van der Waals surface area contributed by atoms with Crippen molar-refractivity contribution in [3.05, 3.63) is 33.8 Å². The van der Waals surface area contributed by atoms with Gasteiger partial charge >= 0.3 is 0 Å². The number of ketones is 1. The second-order valence-electron chi connectivity index (χ2n) is 5.23. The predicted octanol–water partition coefficient (Wildman–Crippen LogP) is 2.86. The third-order valence-electron chi connectivity index (χ3n) is 3.66. The average Bonchev–Trinajstić information content (AvgIpc) is 2.42. The number of carbonyl (C=O) groups is 1. The molecular weight excluding hydrogens is 283 g/mol. The zero-order chi connectivity index (χ0) is 14.0. The lowest BCUT2D eigenvalue weighted by Gasteiger charge is -2.40. The largest absolute Gasteiger partial charge is 0.314 e. The summed E-state index contributed by atoms with van der Waals surface area (Å²) in [5, 5.41) is 4.05. The molecule has 0 aliphatic carbocycles. The third kappa shape index (κ3) is 2.95. The van der Waals surface area contributed by atoms with Crippen molar-refractivity contribution < 1.29 is 4.79 Å². The summed E-state index contributed by atoms with van der Waals surface area (Å²) in [5.74, 6) is 0.0156. The van der Waals surface area contributed by atoms with E-state index < -0.39 is 5.54 Å². The molecule has 0 aromatic heterocycles. The summed E-state index contributed by atoms with van der Waals surface area (Å²) in [5.41, 5.74) is -0.0751. The van der Waals surface area contributed by atoms with Crippen LogP contribution >= 0.6 is 23.2 Å². The molecule has 0 unspecified atom stereocenters. The lowest BCUT2D eigenvalue weighted by Crippen LogP contribution is -2.57. The third-order valence-corrected chi connectivity index (χ3v) is 4.48. The summed E-state index contributed by atoms with van der Waals surface area (Å²) in [6.07, 6.45) is 0. The van der Waals surface area contributed by atoms with Crippen LogP contribution in [0.4, 0.5) is 0 Å². The maximum atomic E-state index is 12.7. The van der Waals surface area contributed by atoms with Crippen LogP contribution in [-0.2, 0) is 0 Å². The van der Waals surface area contributed by atoms with Crippen LogP contribution in [0.15, 0.2) is 18.2 Å². The number of Topliss-reactive ketones (excluding diaryl/α,β-unsaturated/α-hetero) is 1. The summed E-state index contributed by atoms with van der Waals surface area (Å²) < 4.78 is 0. The molecule has 0 saturated carbocycles. The molecule has 0 atom stereocenters. The molecule has 1 fully saturated rings. The lowest BCUT2D eigenvalue weighted by atomic mass is 9.90. The highest BCUT2D eigenvalue weighted by atomic mass is 35.5. The minimum absolute atomic E-state index is 0.0156.